The quantitative estimate of drug-likeness (QED) is 0.360. The number of benzene rings is 1. The lowest BCUT2D eigenvalue weighted by Gasteiger charge is -2.29. The maximum absolute atomic E-state index is 13.3. The molecule has 1 aromatic heterocycles. The summed E-state index contributed by atoms with van der Waals surface area (Å²) >= 11 is 12.1. The van der Waals surface area contributed by atoms with Crippen molar-refractivity contribution in [1.82, 2.24) is 25.1 Å². The van der Waals surface area contributed by atoms with E-state index in [4.69, 9.17) is 28.6 Å². The normalized spacial score (nSPS) is 18.0. The second-order valence-corrected chi connectivity index (χ2v) is 10.6. The van der Waals surface area contributed by atoms with Crippen molar-refractivity contribution in [1.29, 1.82) is 5.41 Å². The average molecular weight is 535 g/mol. The number of likely N-dealkylation sites (tertiary alicyclic amines) is 1. The van der Waals surface area contributed by atoms with Crippen LogP contribution in [0.3, 0.4) is 0 Å². The number of aromatic nitrogens is 2. The number of anilines is 1. The summed E-state index contributed by atoms with van der Waals surface area (Å²) in [7, 11) is 3.99. The van der Waals surface area contributed by atoms with Gasteiger partial charge in [-0.05, 0) is 58.2 Å². The van der Waals surface area contributed by atoms with Crippen LogP contribution in [0.5, 0.6) is 0 Å². The van der Waals surface area contributed by atoms with Gasteiger partial charge < -0.3 is 25.8 Å². The molecule has 2 aromatic rings. The smallest absolute Gasteiger partial charge is 0.229 e. The zero-order valence-corrected chi connectivity index (χ0v) is 23.1. The van der Waals surface area contributed by atoms with E-state index in [0.717, 1.165) is 43.9 Å². The van der Waals surface area contributed by atoms with E-state index in [2.05, 4.69) is 37.3 Å². The Morgan fingerprint density at radius 2 is 1.97 bits per heavy atom. The van der Waals surface area contributed by atoms with Crippen molar-refractivity contribution in [3.8, 4) is 0 Å². The number of halogens is 2. The maximum Gasteiger partial charge on any atom is 0.229 e. The SMILES string of the molecule is CCN1CCC(CNc2cc(C)nc(CC(=N)Cc3ccc(Cl)c(Cl)c3)n2)(C(=O)NCCN(C)C)C1. The van der Waals surface area contributed by atoms with E-state index >= 15 is 0 Å². The van der Waals surface area contributed by atoms with E-state index in [9.17, 15) is 4.79 Å². The third-order valence-electron chi connectivity index (χ3n) is 6.49. The van der Waals surface area contributed by atoms with E-state index < -0.39 is 5.41 Å². The van der Waals surface area contributed by atoms with Gasteiger partial charge in [-0.2, -0.15) is 0 Å². The molecule has 1 fully saturated rings. The zero-order valence-electron chi connectivity index (χ0n) is 21.6. The number of rotatable bonds is 12. The van der Waals surface area contributed by atoms with Gasteiger partial charge in [0, 0.05) is 56.5 Å². The summed E-state index contributed by atoms with van der Waals surface area (Å²) in [6.45, 7) is 8.50. The van der Waals surface area contributed by atoms with Gasteiger partial charge in [-0.15, -0.1) is 0 Å². The lowest BCUT2D eigenvalue weighted by Crippen LogP contribution is -2.48. The lowest BCUT2D eigenvalue weighted by molar-refractivity contribution is -0.129. The summed E-state index contributed by atoms with van der Waals surface area (Å²) in [5.74, 6) is 1.34. The van der Waals surface area contributed by atoms with E-state index in [-0.39, 0.29) is 5.91 Å². The minimum absolute atomic E-state index is 0.0854. The van der Waals surface area contributed by atoms with Gasteiger partial charge in [0.05, 0.1) is 15.5 Å². The number of carbonyl (C=O) groups is 1. The number of hydrogen-bond donors (Lipinski definition) is 3. The van der Waals surface area contributed by atoms with Crippen LogP contribution in [0, 0.1) is 17.7 Å². The van der Waals surface area contributed by atoms with Crippen molar-refractivity contribution in [2.45, 2.75) is 33.1 Å². The number of nitrogens with zero attached hydrogens (tertiary/aromatic N) is 4. The summed E-state index contributed by atoms with van der Waals surface area (Å²) in [6, 6.07) is 7.28. The summed E-state index contributed by atoms with van der Waals surface area (Å²) in [6.07, 6.45) is 1.57. The van der Waals surface area contributed by atoms with E-state index in [1.807, 2.05) is 33.2 Å². The molecular weight excluding hydrogens is 497 g/mol. The van der Waals surface area contributed by atoms with Crippen molar-refractivity contribution in [2.24, 2.45) is 5.41 Å². The van der Waals surface area contributed by atoms with Gasteiger partial charge in [-0.3, -0.25) is 4.79 Å². The third-order valence-corrected chi connectivity index (χ3v) is 7.23. The standard InChI is InChI=1S/C26H37Cl2N7O/c1-5-35-10-8-26(17-35,25(36)30-9-11-34(3)4)16-31-23-12-18(2)32-24(33-23)15-20(29)13-19-6-7-21(27)22(28)14-19/h6-7,12,14,29H,5,8-11,13,15-17H2,1-4H3,(H,30,36)(H,31,32,33). The van der Waals surface area contributed by atoms with Crippen molar-refractivity contribution in [2.75, 3.05) is 58.7 Å². The highest BCUT2D eigenvalue weighted by Crippen LogP contribution is 2.31. The van der Waals surface area contributed by atoms with Gasteiger partial charge in [0.2, 0.25) is 5.91 Å². The molecule has 196 valence electrons. The molecule has 10 heteroatoms. The highest BCUT2D eigenvalue weighted by atomic mass is 35.5. The highest BCUT2D eigenvalue weighted by molar-refractivity contribution is 6.42. The molecule has 0 radical (unpaired) electrons. The minimum Gasteiger partial charge on any atom is -0.369 e. The fourth-order valence-electron chi connectivity index (χ4n) is 4.43. The Morgan fingerprint density at radius 3 is 2.64 bits per heavy atom. The molecule has 1 amide bonds. The predicted molar refractivity (Wildman–Crippen MR) is 148 cm³/mol. The van der Waals surface area contributed by atoms with Crippen LogP contribution in [0.1, 0.15) is 30.4 Å². The van der Waals surface area contributed by atoms with E-state index in [0.29, 0.717) is 53.3 Å². The summed E-state index contributed by atoms with van der Waals surface area (Å²) in [5, 5.41) is 16.0. The first-order valence-electron chi connectivity index (χ1n) is 12.3. The molecule has 8 nitrogen and oxygen atoms in total. The molecule has 0 bridgehead atoms. The van der Waals surface area contributed by atoms with Crippen LogP contribution in [0.2, 0.25) is 10.0 Å². The Hall–Kier alpha value is -2.26. The third kappa shape index (κ3) is 7.87. The second-order valence-electron chi connectivity index (χ2n) is 9.83. The van der Waals surface area contributed by atoms with Gasteiger partial charge >= 0.3 is 0 Å². The zero-order chi connectivity index (χ0) is 26.3. The van der Waals surface area contributed by atoms with Crippen LogP contribution in [0.4, 0.5) is 5.82 Å². The Bertz CT molecular complexity index is 1080. The van der Waals surface area contributed by atoms with Gasteiger partial charge in [0.25, 0.3) is 0 Å². The average Bonchev–Trinajstić information content (AvgIpc) is 3.24. The van der Waals surface area contributed by atoms with Crippen molar-refractivity contribution >= 4 is 40.6 Å². The Labute approximate surface area is 224 Å². The Morgan fingerprint density at radius 1 is 1.19 bits per heavy atom. The first-order chi connectivity index (χ1) is 17.1. The number of aryl methyl sites for hydroxylation is 1. The number of amides is 1. The topological polar surface area (TPSA) is 97.2 Å². The molecular formula is C26H37Cl2N7O. The van der Waals surface area contributed by atoms with Gasteiger partial charge in [0.15, 0.2) is 0 Å². The second kappa shape index (κ2) is 12.8. The molecule has 1 saturated heterocycles. The van der Waals surface area contributed by atoms with Gasteiger partial charge in [0.1, 0.15) is 11.6 Å². The molecule has 2 heterocycles. The number of carbonyl (C=O) groups excluding carboxylic acids is 1. The monoisotopic (exact) mass is 533 g/mol. The fourth-order valence-corrected chi connectivity index (χ4v) is 4.75. The molecule has 0 spiro atoms. The molecule has 3 rings (SSSR count). The van der Waals surface area contributed by atoms with Crippen LogP contribution in [-0.2, 0) is 17.6 Å². The summed E-state index contributed by atoms with van der Waals surface area (Å²) < 4.78 is 0. The van der Waals surface area contributed by atoms with Crippen LogP contribution in [0.15, 0.2) is 24.3 Å². The maximum atomic E-state index is 13.3. The molecule has 1 aliphatic heterocycles. The molecule has 0 aliphatic carbocycles. The summed E-state index contributed by atoms with van der Waals surface area (Å²) in [5.41, 5.74) is 1.71. The fraction of sp³-hybridized carbons (Fsp3) is 0.538. The molecule has 3 N–H and O–H groups in total. The van der Waals surface area contributed by atoms with E-state index in [1.165, 1.54) is 0 Å². The van der Waals surface area contributed by atoms with E-state index in [1.54, 1.807) is 12.1 Å². The van der Waals surface area contributed by atoms with Crippen LogP contribution >= 0.6 is 23.2 Å². The largest absolute Gasteiger partial charge is 0.369 e. The van der Waals surface area contributed by atoms with Gasteiger partial charge in [-0.1, -0.05) is 36.2 Å². The molecule has 0 saturated carbocycles. The predicted octanol–water partition coefficient (Wildman–Crippen LogP) is 3.70. The Balaban J connectivity index is 1.66. The van der Waals surface area contributed by atoms with Crippen LogP contribution in [0.25, 0.3) is 0 Å². The number of likely N-dealkylation sites (N-methyl/N-ethyl adjacent to an activating group) is 1. The lowest BCUT2D eigenvalue weighted by atomic mass is 9.85. The van der Waals surface area contributed by atoms with Crippen LogP contribution in [-0.4, -0.2) is 84.8 Å². The summed E-state index contributed by atoms with van der Waals surface area (Å²) in [4.78, 5) is 26.8. The Kier molecular flexibility index (Phi) is 10.1. The first kappa shape index (κ1) is 28.3. The van der Waals surface area contributed by atoms with Crippen molar-refractivity contribution in [3.05, 3.63) is 51.4 Å². The van der Waals surface area contributed by atoms with Crippen LogP contribution < -0.4 is 10.6 Å². The first-order valence-corrected chi connectivity index (χ1v) is 13.1. The molecule has 1 unspecified atom stereocenters. The van der Waals surface area contributed by atoms with Gasteiger partial charge in [-0.25, -0.2) is 9.97 Å². The minimum atomic E-state index is -0.512. The highest BCUT2D eigenvalue weighted by Gasteiger charge is 2.44. The molecule has 1 aromatic carbocycles. The molecule has 1 aliphatic rings. The molecule has 1 atom stereocenters. The van der Waals surface area contributed by atoms with Crippen molar-refractivity contribution in [3.63, 3.8) is 0 Å². The number of nitrogens with one attached hydrogen (secondary N) is 3. The molecule has 36 heavy (non-hydrogen) atoms. The number of hydrogen-bond acceptors (Lipinski definition) is 7. The van der Waals surface area contributed by atoms with Crippen molar-refractivity contribution < 1.29 is 4.79 Å².